The Kier molecular flexibility index (Phi) is 3.50. The summed E-state index contributed by atoms with van der Waals surface area (Å²) in [4.78, 5) is 19.1. The summed E-state index contributed by atoms with van der Waals surface area (Å²) < 4.78 is 5.28. The van der Waals surface area contributed by atoms with Crippen LogP contribution in [0.4, 0.5) is 0 Å². The second kappa shape index (κ2) is 5.28. The molecule has 0 saturated carbocycles. The molecule has 6 heteroatoms. The van der Waals surface area contributed by atoms with Gasteiger partial charge >= 0.3 is 0 Å². The van der Waals surface area contributed by atoms with Crippen molar-refractivity contribution in [3.63, 3.8) is 0 Å². The highest BCUT2D eigenvalue weighted by Gasteiger charge is 2.15. The third-order valence-corrected chi connectivity index (χ3v) is 3.44. The number of aromatic nitrogens is 2. The number of rotatable bonds is 3. The standard InChI is InChI=1S/C13H14ClN3O2/c14-8-1-2-10-11(5-8)16-12(17-13(10)18)6-15-9-3-4-19-7-9/h1-2,5,9,15H,3-4,6-7H2,(H,16,17,18). The molecule has 2 heterocycles. The molecule has 1 saturated heterocycles. The zero-order chi connectivity index (χ0) is 13.2. The molecule has 1 aromatic heterocycles. The summed E-state index contributed by atoms with van der Waals surface area (Å²) in [5.74, 6) is 0.617. The van der Waals surface area contributed by atoms with E-state index in [1.165, 1.54) is 0 Å². The predicted octanol–water partition coefficient (Wildman–Crippen LogP) is 1.45. The van der Waals surface area contributed by atoms with Crippen molar-refractivity contribution >= 4 is 22.5 Å². The molecule has 0 radical (unpaired) electrons. The molecule has 0 amide bonds. The molecule has 1 unspecified atom stereocenters. The van der Waals surface area contributed by atoms with Gasteiger partial charge in [-0.2, -0.15) is 0 Å². The van der Waals surface area contributed by atoms with E-state index in [1.807, 2.05) is 0 Å². The van der Waals surface area contributed by atoms with E-state index in [1.54, 1.807) is 18.2 Å². The third-order valence-electron chi connectivity index (χ3n) is 3.21. The van der Waals surface area contributed by atoms with Crippen molar-refractivity contribution in [3.05, 3.63) is 39.4 Å². The van der Waals surface area contributed by atoms with E-state index >= 15 is 0 Å². The van der Waals surface area contributed by atoms with E-state index in [4.69, 9.17) is 16.3 Å². The fraction of sp³-hybridized carbons (Fsp3) is 0.385. The number of fused-ring (bicyclic) bond motifs is 1. The predicted molar refractivity (Wildman–Crippen MR) is 73.4 cm³/mol. The van der Waals surface area contributed by atoms with Gasteiger partial charge < -0.3 is 15.0 Å². The maximum atomic E-state index is 11.9. The van der Waals surface area contributed by atoms with Gasteiger partial charge in [0.15, 0.2) is 0 Å². The van der Waals surface area contributed by atoms with Crippen LogP contribution in [0.5, 0.6) is 0 Å². The average molecular weight is 280 g/mol. The monoisotopic (exact) mass is 279 g/mol. The Balaban J connectivity index is 1.85. The first-order valence-corrected chi connectivity index (χ1v) is 6.60. The molecule has 2 aromatic rings. The van der Waals surface area contributed by atoms with Crippen LogP contribution < -0.4 is 10.9 Å². The molecule has 1 aromatic carbocycles. The number of hydrogen-bond acceptors (Lipinski definition) is 4. The minimum absolute atomic E-state index is 0.138. The largest absolute Gasteiger partial charge is 0.380 e. The van der Waals surface area contributed by atoms with Crippen LogP contribution in [-0.4, -0.2) is 29.2 Å². The number of aromatic amines is 1. The van der Waals surface area contributed by atoms with Crippen LogP contribution in [0.3, 0.4) is 0 Å². The highest BCUT2D eigenvalue weighted by Crippen LogP contribution is 2.14. The first kappa shape index (κ1) is 12.6. The molecule has 0 spiro atoms. The molecule has 1 aliphatic heterocycles. The molecule has 0 aliphatic carbocycles. The molecule has 3 rings (SSSR count). The quantitative estimate of drug-likeness (QED) is 0.893. The normalized spacial score (nSPS) is 19.1. The molecule has 0 bridgehead atoms. The van der Waals surface area contributed by atoms with Crippen molar-refractivity contribution in [2.45, 2.75) is 19.0 Å². The van der Waals surface area contributed by atoms with Crippen LogP contribution in [0.25, 0.3) is 10.9 Å². The van der Waals surface area contributed by atoms with Crippen LogP contribution in [0, 0.1) is 0 Å². The number of H-pyrrole nitrogens is 1. The van der Waals surface area contributed by atoms with E-state index in [0.717, 1.165) is 13.0 Å². The number of halogens is 1. The summed E-state index contributed by atoms with van der Waals surface area (Å²) in [6, 6.07) is 5.41. The molecular weight excluding hydrogens is 266 g/mol. The molecule has 1 fully saturated rings. The molecule has 2 N–H and O–H groups in total. The Morgan fingerprint density at radius 3 is 3.21 bits per heavy atom. The molecule has 1 aliphatic rings. The lowest BCUT2D eigenvalue weighted by Gasteiger charge is -2.10. The van der Waals surface area contributed by atoms with E-state index in [-0.39, 0.29) is 5.56 Å². The van der Waals surface area contributed by atoms with Crippen LogP contribution >= 0.6 is 11.6 Å². The summed E-state index contributed by atoms with van der Waals surface area (Å²) in [5.41, 5.74) is 0.483. The van der Waals surface area contributed by atoms with Gasteiger partial charge in [-0.15, -0.1) is 0 Å². The third kappa shape index (κ3) is 2.78. The maximum absolute atomic E-state index is 11.9. The molecule has 100 valence electrons. The highest BCUT2D eigenvalue weighted by atomic mass is 35.5. The van der Waals surface area contributed by atoms with Gasteiger partial charge in [0, 0.05) is 17.7 Å². The lowest BCUT2D eigenvalue weighted by molar-refractivity contribution is 0.189. The summed E-state index contributed by atoms with van der Waals surface area (Å²) in [5, 5.41) is 4.44. The smallest absolute Gasteiger partial charge is 0.258 e. The van der Waals surface area contributed by atoms with Crippen LogP contribution in [0.1, 0.15) is 12.2 Å². The van der Waals surface area contributed by atoms with Gasteiger partial charge in [0.1, 0.15) is 5.82 Å². The van der Waals surface area contributed by atoms with E-state index in [2.05, 4.69) is 15.3 Å². The first-order valence-electron chi connectivity index (χ1n) is 6.22. The molecule has 5 nitrogen and oxygen atoms in total. The lowest BCUT2D eigenvalue weighted by Crippen LogP contribution is -2.30. The Hall–Kier alpha value is -1.43. The van der Waals surface area contributed by atoms with Gasteiger partial charge in [0.05, 0.1) is 24.1 Å². The minimum Gasteiger partial charge on any atom is -0.380 e. The van der Waals surface area contributed by atoms with Gasteiger partial charge in [-0.1, -0.05) is 11.6 Å². The van der Waals surface area contributed by atoms with Gasteiger partial charge in [-0.25, -0.2) is 4.98 Å². The first-order chi connectivity index (χ1) is 9.22. The fourth-order valence-corrected chi connectivity index (χ4v) is 2.35. The van der Waals surface area contributed by atoms with Crippen LogP contribution in [0.15, 0.2) is 23.0 Å². The maximum Gasteiger partial charge on any atom is 0.258 e. The molecular formula is C13H14ClN3O2. The summed E-state index contributed by atoms with van der Waals surface area (Å²) >= 11 is 5.92. The van der Waals surface area contributed by atoms with Crippen molar-refractivity contribution in [1.29, 1.82) is 0 Å². The van der Waals surface area contributed by atoms with E-state index in [9.17, 15) is 4.79 Å². The number of nitrogens with zero attached hydrogens (tertiary/aromatic N) is 1. The van der Waals surface area contributed by atoms with Crippen molar-refractivity contribution in [3.8, 4) is 0 Å². The van der Waals surface area contributed by atoms with E-state index in [0.29, 0.717) is 40.9 Å². The summed E-state index contributed by atoms with van der Waals surface area (Å²) in [6.45, 7) is 2.02. The number of benzene rings is 1. The fourth-order valence-electron chi connectivity index (χ4n) is 2.18. The number of hydrogen-bond donors (Lipinski definition) is 2. The van der Waals surface area contributed by atoms with Crippen molar-refractivity contribution < 1.29 is 4.74 Å². The molecule has 1 atom stereocenters. The second-order valence-corrected chi connectivity index (χ2v) is 5.05. The van der Waals surface area contributed by atoms with E-state index < -0.39 is 0 Å². The Bertz CT molecular complexity index is 650. The SMILES string of the molecule is O=c1[nH]c(CNC2CCOC2)nc2cc(Cl)ccc12. The highest BCUT2D eigenvalue weighted by molar-refractivity contribution is 6.31. The topological polar surface area (TPSA) is 67.0 Å². The van der Waals surface area contributed by atoms with Gasteiger partial charge in [0.25, 0.3) is 5.56 Å². The van der Waals surface area contributed by atoms with Crippen molar-refractivity contribution in [1.82, 2.24) is 15.3 Å². The zero-order valence-corrected chi connectivity index (χ0v) is 11.0. The zero-order valence-electron chi connectivity index (χ0n) is 10.3. The van der Waals surface area contributed by atoms with Gasteiger partial charge in [-0.3, -0.25) is 4.79 Å². The van der Waals surface area contributed by atoms with Crippen molar-refractivity contribution in [2.24, 2.45) is 0 Å². The lowest BCUT2D eigenvalue weighted by atomic mass is 10.2. The van der Waals surface area contributed by atoms with Gasteiger partial charge in [0.2, 0.25) is 0 Å². The minimum atomic E-state index is -0.138. The summed E-state index contributed by atoms with van der Waals surface area (Å²) in [7, 11) is 0. The van der Waals surface area contributed by atoms with Gasteiger partial charge in [-0.05, 0) is 24.6 Å². The Morgan fingerprint density at radius 2 is 2.42 bits per heavy atom. The number of ether oxygens (including phenoxy) is 1. The molecule has 19 heavy (non-hydrogen) atoms. The summed E-state index contributed by atoms with van der Waals surface area (Å²) in [6.07, 6.45) is 0.990. The number of nitrogens with one attached hydrogen (secondary N) is 2. The Labute approximate surface area is 114 Å². The average Bonchev–Trinajstić information content (AvgIpc) is 2.89. The van der Waals surface area contributed by atoms with Crippen molar-refractivity contribution in [2.75, 3.05) is 13.2 Å². The van der Waals surface area contributed by atoms with Crippen LogP contribution in [0.2, 0.25) is 5.02 Å². The Morgan fingerprint density at radius 1 is 1.53 bits per heavy atom. The van der Waals surface area contributed by atoms with Crippen LogP contribution in [-0.2, 0) is 11.3 Å². The second-order valence-electron chi connectivity index (χ2n) is 4.62.